The lowest BCUT2D eigenvalue weighted by atomic mass is 10.2. The molecule has 0 saturated carbocycles. The lowest BCUT2D eigenvalue weighted by molar-refractivity contribution is -0.141. The summed E-state index contributed by atoms with van der Waals surface area (Å²) in [7, 11) is 1.51. The zero-order valence-electron chi connectivity index (χ0n) is 14.9. The summed E-state index contributed by atoms with van der Waals surface area (Å²) < 4.78 is 15.3. The molecule has 1 rings (SSSR count). The van der Waals surface area contributed by atoms with E-state index in [-0.39, 0.29) is 31.1 Å². The molecule has 0 aliphatic carbocycles. The maximum Gasteiger partial charge on any atom is 0.302 e. The van der Waals surface area contributed by atoms with Crippen LogP contribution in [-0.2, 0) is 23.9 Å². The molecule has 0 unspecified atom stereocenters. The van der Waals surface area contributed by atoms with Crippen molar-refractivity contribution in [3.63, 3.8) is 0 Å². The molecule has 0 bridgehead atoms. The molecule has 8 heteroatoms. The lowest BCUT2D eigenvalue weighted by Crippen LogP contribution is -2.32. The molecule has 0 aliphatic rings. The Hall–Kier alpha value is -2.77. The SMILES string of the molecule is COc1c[c]c(NC(C)=O)cc1N(CCOC(C)=O)CCOC(C)=O. The molecule has 1 radical (unpaired) electrons. The molecule has 1 aromatic carbocycles. The molecule has 0 saturated heterocycles. The average molecular weight is 351 g/mol. The largest absolute Gasteiger partial charge is 0.495 e. The summed E-state index contributed by atoms with van der Waals surface area (Å²) in [6, 6.07) is 6.21. The molecule has 137 valence electrons. The second-order valence-electron chi connectivity index (χ2n) is 5.15. The van der Waals surface area contributed by atoms with E-state index in [0.717, 1.165) is 0 Å². The Morgan fingerprint density at radius 3 is 2.08 bits per heavy atom. The number of esters is 2. The fourth-order valence-corrected chi connectivity index (χ4v) is 2.09. The number of anilines is 2. The van der Waals surface area contributed by atoms with Gasteiger partial charge in [0.2, 0.25) is 5.91 Å². The number of amides is 1. The van der Waals surface area contributed by atoms with Gasteiger partial charge in [-0.2, -0.15) is 0 Å². The van der Waals surface area contributed by atoms with Gasteiger partial charge in [-0.25, -0.2) is 0 Å². The van der Waals surface area contributed by atoms with Gasteiger partial charge in [0, 0.05) is 26.8 Å². The van der Waals surface area contributed by atoms with Crippen molar-refractivity contribution in [1.82, 2.24) is 0 Å². The predicted molar refractivity (Wildman–Crippen MR) is 91.6 cm³/mol. The first kappa shape index (κ1) is 20.3. The normalized spacial score (nSPS) is 9.92. The molecule has 0 heterocycles. The number of hydrogen-bond donors (Lipinski definition) is 1. The van der Waals surface area contributed by atoms with Crippen LogP contribution >= 0.6 is 0 Å². The standard InChI is InChI=1S/C17H23N2O6/c1-12(20)18-15-5-6-17(23-4)16(11-15)19(7-9-24-13(2)21)8-10-25-14(3)22/h6,11H,7-10H2,1-4H3,(H,18,20). The highest BCUT2D eigenvalue weighted by atomic mass is 16.5. The van der Waals surface area contributed by atoms with Crippen LogP contribution < -0.4 is 15.0 Å². The minimum absolute atomic E-state index is 0.159. The number of benzene rings is 1. The van der Waals surface area contributed by atoms with Crippen LogP contribution in [0.15, 0.2) is 12.1 Å². The van der Waals surface area contributed by atoms with Crippen molar-refractivity contribution in [2.75, 3.05) is 43.6 Å². The Morgan fingerprint density at radius 1 is 1.08 bits per heavy atom. The number of hydrogen-bond acceptors (Lipinski definition) is 7. The molecule has 0 spiro atoms. The Labute approximate surface area is 147 Å². The first-order chi connectivity index (χ1) is 11.8. The number of methoxy groups -OCH3 is 1. The van der Waals surface area contributed by atoms with Crippen LogP contribution in [0.1, 0.15) is 20.8 Å². The molecule has 1 N–H and O–H groups in total. The molecule has 0 aromatic heterocycles. The smallest absolute Gasteiger partial charge is 0.302 e. The second-order valence-corrected chi connectivity index (χ2v) is 5.15. The molecule has 0 aliphatic heterocycles. The van der Waals surface area contributed by atoms with Gasteiger partial charge in [0.15, 0.2) is 0 Å². The van der Waals surface area contributed by atoms with Crippen molar-refractivity contribution in [2.24, 2.45) is 0 Å². The Bertz CT molecular complexity index is 597. The highest BCUT2D eigenvalue weighted by Crippen LogP contribution is 2.31. The van der Waals surface area contributed by atoms with Crippen LogP contribution in [0.4, 0.5) is 11.4 Å². The van der Waals surface area contributed by atoms with Gasteiger partial charge in [0.1, 0.15) is 19.0 Å². The maximum atomic E-state index is 11.3. The van der Waals surface area contributed by atoms with Gasteiger partial charge in [0.25, 0.3) is 0 Å². The molecule has 8 nitrogen and oxygen atoms in total. The number of nitrogens with zero attached hydrogens (tertiary/aromatic N) is 1. The van der Waals surface area contributed by atoms with E-state index in [1.54, 1.807) is 12.1 Å². The van der Waals surface area contributed by atoms with Crippen molar-refractivity contribution in [3.8, 4) is 5.75 Å². The topological polar surface area (TPSA) is 94.2 Å². The predicted octanol–water partition coefficient (Wildman–Crippen LogP) is 1.39. The van der Waals surface area contributed by atoms with Crippen LogP contribution in [0.25, 0.3) is 0 Å². The van der Waals surface area contributed by atoms with E-state index in [1.807, 2.05) is 4.90 Å². The average Bonchev–Trinajstić information content (AvgIpc) is 2.52. The molecule has 0 atom stereocenters. The van der Waals surface area contributed by atoms with Crippen molar-refractivity contribution < 1.29 is 28.6 Å². The summed E-state index contributed by atoms with van der Waals surface area (Å²) in [6.45, 7) is 5.10. The van der Waals surface area contributed by atoms with Gasteiger partial charge in [-0.1, -0.05) is 0 Å². The van der Waals surface area contributed by atoms with Crippen molar-refractivity contribution in [1.29, 1.82) is 0 Å². The molecule has 1 amide bonds. The van der Waals surface area contributed by atoms with E-state index in [9.17, 15) is 14.4 Å². The van der Waals surface area contributed by atoms with Gasteiger partial charge in [0.05, 0.1) is 31.6 Å². The van der Waals surface area contributed by atoms with Crippen LogP contribution in [-0.4, -0.2) is 51.3 Å². The van der Waals surface area contributed by atoms with Crippen LogP contribution in [0.5, 0.6) is 5.75 Å². The van der Waals surface area contributed by atoms with Gasteiger partial charge < -0.3 is 24.4 Å². The number of rotatable bonds is 9. The minimum Gasteiger partial charge on any atom is -0.495 e. The fourth-order valence-electron chi connectivity index (χ4n) is 2.09. The summed E-state index contributed by atoms with van der Waals surface area (Å²) >= 11 is 0. The van der Waals surface area contributed by atoms with E-state index in [1.165, 1.54) is 27.9 Å². The maximum absolute atomic E-state index is 11.3. The fraction of sp³-hybridized carbons (Fsp3) is 0.471. The van der Waals surface area contributed by atoms with E-state index >= 15 is 0 Å². The molecular formula is C17H23N2O6. The molecular weight excluding hydrogens is 328 g/mol. The van der Waals surface area contributed by atoms with Gasteiger partial charge >= 0.3 is 11.9 Å². The number of carbonyl (C=O) groups is 3. The van der Waals surface area contributed by atoms with Gasteiger partial charge in [-0.3, -0.25) is 14.4 Å². The summed E-state index contributed by atoms with van der Waals surface area (Å²) in [6.07, 6.45) is 0. The molecule has 0 fully saturated rings. The second kappa shape index (κ2) is 10.2. The van der Waals surface area contributed by atoms with Gasteiger partial charge in [-0.15, -0.1) is 0 Å². The molecule has 25 heavy (non-hydrogen) atoms. The minimum atomic E-state index is -0.382. The quantitative estimate of drug-likeness (QED) is 0.672. The number of carbonyl (C=O) groups excluding carboxylic acids is 3. The van der Waals surface area contributed by atoms with Crippen molar-refractivity contribution >= 4 is 29.2 Å². The van der Waals surface area contributed by atoms with Crippen molar-refractivity contribution in [3.05, 3.63) is 18.2 Å². The van der Waals surface area contributed by atoms with E-state index in [4.69, 9.17) is 14.2 Å². The Morgan fingerprint density at radius 2 is 1.64 bits per heavy atom. The zero-order valence-corrected chi connectivity index (χ0v) is 14.9. The lowest BCUT2D eigenvalue weighted by Gasteiger charge is -2.26. The monoisotopic (exact) mass is 351 g/mol. The third-order valence-corrected chi connectivity index (χ3v) is 3.10. The third-order valence-electron chi connectivity index (χ3n) is 3.10. The number of ether oxygens (including phenoxy) is 3. The number of nitrogens with one attached hydrogen (secondary N) is 1. The third kappa shape index (κ3) is 7.56. The Kier molecular flexibility index (Phi) is 8.25. The van der Waals surface area contributed by atoms with Gasteiger partial charge in [-0.05, 0) is 12.1 Å². The van der Waals surface area contributed by atoms with Crippen LogP contribution in [0.3, 0.4) is 0 Å². The van der Waals surface area contributed by atoms with E-state index in [0.29, 0.717) is 30.2 Å². The highest BCUT2D eigenvalue weighted by Gasteiger charge is 2.15. The van der Waals surface area contributed by atoms with Crippen LogP contribution in [0.2, 0.25) is 0 Å². The highest BCUT2D eigenvalue weighted by molar-refractivity contribution is 5.89. The Balaban J connectivity index is 3.00. The van der Waals surface area contributed by atoms with E-state index in [2.05, 4.69) is 11.4 Å². The summed E-state index contributed by atoms with van der Waals surface area (Å²) in [5, 5.41) is 2.65. The summed E-state index contributed by atoms with van der Waals surface area (Å²) in [5.74, 6) is -0.460. The first-order valence-corrected chi connectivity index (χ1v) is 7.72. The van der Waals surface area contributed by atoms with Crippen molar-refractivity contribution in [2.45, 2.75) is 20.8 Å². The summed E-state index contributed by atoms with van der Waals surface area (Å²) in [5.41, 5.74) is 1.14. The summed E-state index contributed by atoms with van der Waals surface area (Å²) in [4.78, 5) is 35.0. The van der Waals surface area contributed by atoms with Crippen LogP contribution in [0, 0.1) is 6.07 Å². The molecule has 1 aromatic rings. The van der Waals surface area contributed by atoms with E-state index < -0.39 is 0 Å². The first-order valence-electron chi connectivity index (χ1n) is 7.72. The zero-order chi connectivity index (χ0) is 18.8.